The van der Waals surface area contributed by atoms with Crippen LogP contribution in [0.4, 0.5) is 0 Å². The number of hydrogen-bond donors (Lipinski definition) is 2. The maximum Gasteiger partial charge on any atom is 0.0944 e. The molecule has 2 aromatic rings. The third-order valence-electron chi connectivity index (χ3n) is 3.09. The van der Waals surface area contributed by atoms with E-state index in [1.54, 1.807) is 11.3 Å². The van der Waals surface area contributed by atoms with E-state index in [1.165, 1.54) is 16.7 Å². The van der Waals surface area contributed by atoms with Crippen molar-refractivity contribution >= 4 is 11.3 Å². The van der Waals surface area contributed by atoms with E-state index in [9.17, 15) is 0 Å². The molecule has 0 spiro atoms. The average Bonchev–Trinajstić information content (AvgIpc) is 2.72. The molecule has 0 saturated heterocycles. The van der Waals surface area contributed by atoms with E-state index >= 15 is 0 Å². The molecule has 0 aliphatic heterocycles. The summed E-state index contributed by atoms with van der Waals surface area (Å²) >= 11 is 1.70. The third kappa shape index (κ3) is 4.13. The van der Waals surface area contributed by atoms with Crippen molar-refractivity contribution < 1.29 is 0 Å². The summed E-state index contributed by atoms with van der Waals surface area (Å²) in [5, 5.41) is 3.23. The first-order valence-electron chi connectivity index (χ1n) is 6.51. The zero-order valence-electron chi connectivity index (χ0n) is 11.7. The van der Waals surface area contributed by atoms with E-state index in [2.05, 4.69) is 47.8 Å². The topological polar surface area (TPSA) is 50.9 Å². The van der Waals surface area contributed by atoms with Crippen LogP contribution in [-0.2, 0) is 12.8 Å². The smallest absolute Gasteiger partial charge is 0.0944 e. The van der Waals surface area contributed by atoms with Crippen LogP contribution in [0.3, 0.4) is 0 Å². The van der Waals surface area contributed by atoms with Crippen molar-refractivity contribution in [3.63, 3.8) is 0 Å². The van der Waals surface area contributed by atoms with Gasteiger partial charge < -0.3 is 0 Å². The zero-order chi connectivity index (χ0) is 13.8. The quantitative estimate of drug-likeness (QED) is 0.651. The molecule has 0 radical (unpaired) electrons. The second-order valence-electron chi connectivity index (χ2n) is 5.15. The standard InChI is InChI=1S/C15H21N3S/c1-10-4-11(2)6-13(5-10)7-14(18-16)8-15-17-12(3)9-19-15/h4-6,9,14,18H,7-8,16H2,1-3H3. The highest BCUT2D eigenvalue weighted by molar-refractivity contribution is 7.09. The minimum Gasteiger partial charge on any atom is -0.271 e. The number of nitrogens with zero attached hydrogens (tertiary/aromatic N) is 1. The number of aromatic nitrogens is 1. The highest BCUT2D eigenvalue weighted by atomic mass is 32.1. The van der Waals surface area contributed by atoms with Crippen LogP contribution in [0.15, 0.2) is 23.6 Å². The minimum atomic E-state index is 0.228. The Morgan fingerprint density at radius 2 is 1.84 bits per heavy atom. The molecule has 3 N–H and O–H groups in total. The van der Waals surface area contributed by atoms with Crippen LogP contribution in [-0.4, -0.2) is 11.0 Å². The molecular weight excluding hydrogens is 254 g/mol. The molecule has 0 aliphatic carbocycles. The summed E-state index contributed by atoms with van der Waals surface area (Å²) in [5.74, 6) is 5.68. The van der Waals surface area contributed by atoms with Gasteiger partial charge in [0.1, 0.15) is 0 Å². The Labute approximate surface area is 118 Å². The fourth-order valence-corrected chi connectivity index (χ4v) is 3.22. The van der Waals surface area contributed by atoms with Gasteiger partial charge in [-0.1, -0.05) is 29.3 Å². The molecule has 1 aromatic carbocycles. The van der Waals surface area contributed by atoms with E-state index in [0.717, 1.165) is 23.5 Å². The van der Waals surface area contributed by atoms with E-state index in [0.29, 0.717) is 0 Å². The van der Waals surface area contributed by atoms with Crippen LogP contribution in [0.5, 0.6) is 0 Å². The Morgan fingerprint density at radius 1 is 1.16 bits per heavy atom. The van der Waals surface area contributed by atoms with Crippen molar-refractivity contribution in [1.29, 1.82) is 0 Å². The molecule has 3 nitrogen and oxygen atoms in total. The number of benzene rings is 1. The molecule has 2 rings (SSSR count). The maximum atomic E-state index is 5.68. The highest BCUT2D eigenvalue weighted by Gasteiger charge is 2.11. The SMILES string of the molecule is Cc1cc(C)cc(CC(Cc2nc(C)cs2)NN)c1. The monoisotopic (exact) mass is 275 g/mol. The van der Waals surface area contributed by atoms with Crippen LogP contribution in [0, 0.1) is 20.8 Å². The lowest BCUT2D eigenvalue weighted by molar-refractivity contribution is 0.521. The second-order valence-corrected chi connectivity index (χ2v) is 6.09. The van der Waals surface area contributed by atoms with Gasteiger partial charge in [0, 0.05) is 23.5 Å². The molecule has 102 valence electrons. The number of rotatable bonds is 5. The van der Waals surface area contributed by atoms with Crippen LogP contribution in [0.25, 0.3) is 0 Å². The molecule has 0 bridgehead atoms. The van der Waals surface area contributed by atoms with E-state index in [-0.39, 0.29) is 6.04 Å². The summed E-state index contributed by atoms with van der Waals surface area (Å²) in [4.78, 5) is 4.50. The summed E-state index contributed by atoms with van der Waals surface area (Å²) < 4.78 is 0. The van der Waals surface area contributed by atoms with Gasteiger partial charge in [0.2, 0.25) is 0 Å². The van der Waals surface area contributed by atoms with Crippen LogP contribution >= 0.6 is 11.3 Å². The fourth-order valence-electron chi connectivity index (χ4n) is 2.37. The number of hydrogen-bond acceptors (Lipinski definition) is 4. The summed E-state index contributed by atoms with van der Waals surface area (Å²) in [6.07, 6.45) is 1.81. The Bertz CT molecular complexity index is 528. The Hall–Kier alpha value is -1.23. The van der Waals surface area contributed by atoms with Crippen molar-refractivity contribution in [1.82, 2.24) is 10.4 Å². The predicted octanol–water partition coefficient (Wildman–Crippen LogP) is 2.69. The molecule has 0 aliphatic rings. The van der Waals surface area contributed by atoms with Crippen LogP contribution in [0.1, 0.15) is 27.4 Å². The summed E-state index contributed by atoms with van der Waals surface area (Å²) in [7, 11) is 0. The van der Waals surface area contributed by atoms with Gasteiger partial charge in [-0.25, -0.2) is 4.98 Å². The average molecular weight is 275 g/mol. The van der Waals surface area contributed by atoms with Gasteiger partial charge in [0.15, 0.2) is 0 Å². The first-order chi connectivity index (χ1) is 9.06. The number of thiazole rings is 1. The normalized spacial score (nSPS) is 12.6. The lowest BCUT2D eigenvalue weighted by atomic mass is 10.00. The minimum absolute atomic E-state index is 0.228. The number of nitrogens with two attached hydrogens (primary N) is 1. The molecule has 0 saturated carbocycles. The summed E-state index contributed by atoms with van der Waals surface area (Å²) in [6, 6.07) is 6.87. The molecule has 19 heavy (non-hydrogen) atoms. The van der Waals surface area contributed by atoms with Gasteiger partial charge in [0.25, 0.3) is 0 Å². The van der Waals surface area contributed by atoms with Crippen molar-refractivity contribution in [2.24, 2.45) is 5.84 Å². The lowest BCUT2D eigenvalue weighted by Gasteiger charge is -2.15. The first-order valence-corrected chi connectivity index (χ1v) is 7.39. The van der Waals surface area contributed by atoms with Crippen LogP contribution < -0.4 is 11.3 Å². The van der Waals surface area contributed by atoms with Gasteiger partial charge in [-0.3, -0.25) is 11.3 Å². The largest absolute Gasteiger partial charge is 0.271 e. The molecule has 0 fully saturated rings. The predicted molar refractivity (Wildman–Crippen MR) is 81.3 cm³/mol. The van der Waals surface area contributed by atoms with Gasteiger partial charge >= 0.3 is 0 Å². The van der Waals surface area contributed by atoms with Gasteiger partial charge in [-0.2, -0.15) is 0 Å². The number of aryl methyl sites for hydroxylation is 3. The van der Waals surface area contributed by atoms with E-state index < -0.39 is 0 Å². The van der Waals surface area contributed by atoms with Crippen molar-refractivity contribution in [3.8, 4) is 0 Å². The molecule has 1 atom stereocenters. The molecule has 4 heteroatoms. The van der Waals surface area contributed by atoms with Gasteiger partial charge in [-0.15, -0.1) is 11.3 Å². The fraction of sp³-hybridized carbons (Fsp3) is 0.400. The van der Waals surface area contributed by atoms with Crippen molar-refractivity contribution in [3.05, 3.63) is 51.0 Å². The summed E-state index contributed by atoms with van der Waals surface area (Å²) in [6.45, 7) is 6.28. The lowest BCUT2D eigenvalue weighted by Crippen LogP contribution is -2.38. The zero-order valence-corrected chi connectivity index (χ0v) is 12.6. The third-order valence-corrected chi connectivity index (χ3v) is 4.08. The van der Waals surface area contributed by atoms with Crippen molar-refractivity contribution in [2.75, 3.05) is 0 Å². The molecule has 1 heterocycles. The molecule has 0 amide bonds. The van der Waals surface area contributed by atoms with E-state index in [4.69, 9.17) is 5.84 Å². The highest BCUT2D eigenvalue weighted by Crippen LogP contribution is 2.15. The van der Waals surface area contributed by atoms with Gasteiger partial charge in [-0.05, 0) is 32.8 Å². The van der Waals surface area contributed by atoms with Crippen molar-refractivity contribution in [2.45, 2.75) is 39.7 Å². The van der Waals surface area contributed by atoms with Gasteiger partial charge in [0.05, 0.1) is 5.01 Å². The molecule has 1 aromatic heterocycles. The Balaban J connectivity index is 2.06. The summed E-state index contributed by atoms with van der Waals surface area (Å²) in [5.41, 5.74) is 7.93. The van der Waals surface area contributed by atoms with Crippen LogP contribution in [0.2, 0.25) is 0 Å². The molecular formula is C15H21N3S. The Morgan fingerprint density at radius 3 is 2.37 bits per heavy atom. The molecule has 1 unspecified atom stereocenters. The Kier molecular flexibility index (Phi) is 4.69. The number of nitrogens with one attached hydrogen (secondary N) is 1. The maximum absolute atomic E-state index is 5.68. The number of hydrazine groups is 1. The second kappa shape index (κ2) is 6.28. The van der Waals surface area contributed by atoms with E-state index in [1.807, 2.05) is 6.92 Å². The first kappa shape index (κ1) is 14.2.